The van der Waals surface area contributed by atoms with Crippen LogP contribution >= 0.6 is 0 Å². The van der Waals surface area contributed by atoms with Gasteiger partial charge < -0.3 is 9.67 Å². The number of hydrogen-bond acceptors (Lipinski definition) is 3. The second-order valence-electron chi connectivity index (χ2n) is 2.28. The first-order valence-electron chi connectivity index (χ1n) is 3.30. The molecule has 0 saturated carbocycles. The Morgan fingerprint density at radius 3 is 3.09 bits per heavy atom. The Morgan fingerprint density at radius 2 is 2.64 bits per heavy atom. The van der Waals surface area contributed by atoms with Crippen LogP contribution in [0.15, 0.2) is 12.5 Å². The summed E-state index contributed by atoms with van der Waals surface area (Å²) < 4.78 is 1.66. The molecule has 1 aromatic rings. The summed E-state index contributed by atoms with van der Waals surface area (Å²) in [6.45, 7) is 1.69. The fourth-order valence-corrected chi connectivity index (χ4v) is 0.740. The molecule has 4 heteroatoms. The molecule has 0 aliphatic rings. The van der Waals surface area contributed by atoms with E-state index in [-0.39, 0.29) is 12.6 Å². The van der Waals surface area contributed by atoms with E-state index in [0.717, 1.165) is 0 Å². The monoisotopic (exact) mass is 151 g/mol. The van der Waals surface area contributed by atoms with Crippen molar-refractivity contribution in [1.29, 1.82) is 5.26 Å². The van der Waals surface area contributed by atoms with E-state index < -0.39 is 0 Å². The number of hydrogen-bond donors (Lipinski definition) is 1. The number of imidazole rings is 1. The first-order valence-corrected chi connectivity index (χ1v) is 3.30. The molecule has 1 atom stereocenters. The van der Waals surface area contributed by atoms with Gasteiger partial charge in [-0.3, -0.25) is 0 Å². The zero-order valence-corrected chi connectivity index (χ0v) is 6.23. The summed E-state index contributed by atoms with van der Waals surface area (Å²) in [5, 5.41) is 17.2. The van der Waals surface area contributed by atoms with Crippen LogP contribution < -0.4 is 0 Å². The van der Waals surface area contributed by atoms with Crippen molar-refractivity contribution in [2.75, 3.05) is 0 Å². The van der Waals surface area contributed by atoms with Gasteiger partial charge in [0.15, 0.2) is 0 Å². The minimum absolute atomic E-state index is 0.0782. The summed E-state index contributed by atoms with van der Waals surface area (Å²) in [4.78, 5) is 3.87. The highest BCUT2D eigenvalue weighted by Gasteiger charge is 2.02. The maximum atomic E-state index is 8.65. The first kappa shape index (κ1) is 7.76. The number of aliphatic hydroxyl groups excluding tert-OH is 1. The van der Waals surface area contributed by atoms with Gasteiger partial charge in [-0.2, -0.15) is 5.26 Å². The van der Waals surface area contributed by atoms with E-state index in [1.54, 1.807) is 24.0 Å². The lowest BCUT2D eigenvalue weighted by Gasteiger charge is -2.00. The van der Waals surface area contributed by atoms with Crippen LogP contribution in [0.25, 0.3) is 0 Å². The van der Waals surface area contributed by atoms with E-state index >= 15 is 0 Å². The van der Waals surface area contributed by atoms with Crippen molar-refractivity contribution in [2.45, 2.75) is 19.6 Å². The molecule has 1 aromatic heterocycles. The van der Waals surface area contributed by atoms with E-state index in [9.17, 15) is 0 Å². The maximum absolute atomic E-state index is 8.65. The molecule has 0 amide bonds. The topological polar surface area (TPSA) is 61.8 Å². The van der Waals surface area contributed by atoms with Crippen molar-refractivity contribution in [3.05, 3.63) is 18.2 Å². The third-order valence-electron chi connectivity index (χ3n) is 1.45. The van der Waals surface area contributed by atoms with Crippen LogP contribution in [0, 0.1) is 11.3 Å². The van der Waals surface area contributed by atoms with Crippen LogP contribution in [0.4, 0.5) is 0 Å². The molecular formula is C7H9N3O. The van der Waals surface area contributed by atoms with Gasteiger partial charge in [0.1, 0.15) is 6.04 Å². The highest BCUT2D eigenvalue weighted by Crippen LogP contribution is 2.04. The molecule has 0 spiro atoms. The van der Waals surface area contributed by atoms with Gasteiger partial charge in [0.2, 0.25) is 0 Å². The normalized spacial score (nSPS) is 12.5. The Hall–Kier alpha value is -1.34. The van der Waals surface area contributed by atoms with Crippen molar-refractivity contribution in [3.8, 4) is 6.07 Å². The van der Waals surface area contributed by atoms with Crippen molar-refractivity contribution in [1.82, 2.24) is 9.55 Å². The Labute approximate surface area is 64.7 Å². The number of aliphatic hydroxyl groups is 1. The Kier molecular flexibility index (Phi) is 2.24. The van der Waals surface area contributed by atoms with E-state index in [2.05, 4.69) is 11.1 Å². The highest BCUT2D eigenvalue weighted by atomic mass is 16.3. The van der Waals surface area contributed by atoms with Gasteiger partial charge in [-0.25, -0.2) is 4.98 Å². The fraction of sp³-hybridized carbons (Fsp3) is 0.429. The third-order valence-corrected chi connectivity index (χ3v) is 1.45. The molecule has 1 N–H and O–H groups in total. The molecule has 0 saturated heterocycles. The standard InChI is InChI=1S/C7H9N3O/c1-6(2-8)10-3-7(4-11)9-5-10/h3,5-6,11H,4H2,1H3. The van der Waals surface area contributed by atoms with Crippen LogP contribution in [0.2, 0.25) is 0 Å². The first-order chi connectivity index (χ1) is 5.27. The van der Waals surface area contributed by atoms with Crippen LogP contribution in [0.1, 0.15) is 18.7 Å². The lowest BCUT2D eigenvalue weighted by molar-refractivity contribution is 0.277. The van der Waals surface area contributed by atoms with Crippen molar-refractivity contribution in [3.63, 3.8) is 0 Å². The van der Waals surface area contributed by atoms with Crippen LogP contribution in [-0.2, 0) is 6.61 Å². The number of nitriles is 1. The summed E-state index contributed by atoms with van der Waals surface area (Å²) in [6, 6.07) is 1.84. The molecule has 1 unspecified atom stereocenters. The third kappa shape index (κ3) is 1.57. The van der Waals surface area contributed by atoms with Gasteiger partial charge in [-0.05, 0) is 6.92 Å². The zero-order chi connectivity index (χ0) is 8.27. The van der Waals surface area contributed by atoms with E-state index in [1.807, 2.05) is 0 Å². The van der Waals surface area contributed by atoms with Gasteiger partial charge in [0.25, 0.3) is 0 Å². The molecule has 0 aliphatic carbocycles. The summed E-state index contributed by atoms with van der Waals surface area (Å²) in [7, 11) is 0. The summed E-state index contributed by atoms with van der Waals surface area (Å²) >= 11 is 0. The molecule has 0 fully saturated rings. The Balaban J connectivity index is 2.82. The van der Waals surface area contributed by atoms with Gasteiger partial charge in [-0.1, -0.05) is 0 Å². The SMILES string of the molecule is CC(C#N)n1cnc(CO)c1. The quantitative estimate of drug-likeness (QED) is 0.667. The Morgan fingerprint density at radius 1 is 1.91 bits per heavy atom. The van der Waals surface area contributed by atoms with Crippen molar-refractivity contribution >= 4 is 0 Å². The largest absolute Gasteiger partial charge is 0.390 e. The molecule has 58 valence electrons. The average Bonchev–Trinajstić information content (AvgIpc) is 2.50. The van der Waals surface area contributed by atoms with Crippen LogP contribution in [0.3, 0.4) is 0 Å². The van der Waals surface area contributed by atoms with E-state index in [4.69, 9.17) is 10.4 Å². The minimum atomic E-state index is -0.220. The Bertz CT molecular complexity index is 273. The van der Waals surface area contributed by atoms with E-state index in [1.165, 1.54) is 0 Å². The van der Waals surface area contributed by atoms with Gasteiger partial charge >= 0.3 is 0 Å². The molecule has 0 bridgehead atoms. The van der Waals surface area contributed by atoms with Gasteiger partial charge in [0, 0.05) is 6.20 Å². The predicted octanol–water partition coefficient (Wildman–Crippen LogP) is 0.460. The molecule has 0 aliphatic heterocycles. The summed E-state index contributed by atoms with van der Waals surface area (Å²) in [6.07, 6.45) is 3.20. The van der Waals surface area contributed by atoms with Crippen molar-refractivity contribution < 1.29 is 5.11 Å². The molecular weight excluding hydrogens is 142 g/mol. The molecule has 1 heterocycles. The van der Waals surface area contributed by atoms with Crippen LogP contribution in [-0.4, -0.2) is 14.7 Å². The predicted molar refractivity (Wildman–Crippen MR) is 38.5 cm³/mol. The summed E-state index contributed by atoms with van der Waals surface area (Å²) in [5.41, 5.74) is 0.590. The smallest absolute Gasteiger partial charge is 0.119 e. The lowest BCUT2D eigenvalue weighted by Crippen LogP contribution is -1.98. The lowest BCUT2D eigenvalue weighted by atomic mass is 10.4. The van der Waals surface area contributed by atoms with Crippen molar-refractivity contribution in [2.24, 2.45) is 0 Å². The van der Waals surface area contributed by atoms with Crippen LogP contribution in [0.5, 0.6) is 0 Å². The minimum Gasteiger partial charge on any atom is -0.390 e. The highest BCUT2D eigenvalue weighted by molar-refractivity contribution is 4.99. The molecule has 4 nitrogen and oxygen atoms in total. The fourth-order valence-electron chi connectivity index (χ4n) is 0.740. The number of rotatable bonds is 2. The molecule has 1 rings (SSSR count). The second kappa shape index (κ2) is 3.17. The van der Waals surface area contributed by atoms with Gasteiger partial charge in [-0.15, -0.1) is 0 Å². The number of aromatic nitrogens is 2. The van der Waals surface area contributed by atoms with E-state index in [0.29, 0.717) is 5.69 Å². The second-order valence-corrected chi connectivity index (χ2v) is 2.28. The average molecular weight is 151 g/mol. The maximum Gasteiger partial charge on any atom is 0.119 e. The summed E-state index contributed by atoms with van der Waals surface area (Å²) in [5.74, 6) is 0. The molecule has 0 radical (unpaired) electrons. The molecule has 0 aromatic carbocycles. The number of nitrogens with zero attached hydrogens (tertiary/aromatic N) is 3. The molecule has 11 heavy (non-hydrogen) atoms. The van der Waals surface area contributed by atoms with Gasteiger partial charge in [0.05, 0.1) is 24.7 Å². The zero-order valence-electron chi connectivity index (χ0n) is 6.23.